The molecule has 0 saturated heterocycles. The van der Waals surface area contributed by atoms with Crippen molar-refractivity contribution in [3.63, 3.8) is 0 Å². The number of nitrogens with zero attached hydrogens (tertiary/aromatic N) is 1. The van der Waals surface area contributed by atoms with Crippen LogP contribution in [0.5, 0.6) is 11.5 Å². The molecular formula is C27H43NO4. The van der Waals surface area contributed by atoms with Crippen LogP contribution >= 0.6 is 0 Å². The summed E-state index contributed by atoms with van der Waals surface area (Å²) in [5, 5.41) is 0. The Hall–Kier alpha value is -2.17. The number of benzene rings is 1. The number of hydrogen-bond acceptors (Lipinski definition) is 4. The molecule has 5 heteroatoms. The van der Waals surface area contributed by atoms with Crippen LogP contribution in [0.1, 0.15) is 90.5 Å². The normalized spacial score (nSPS) is 15.2. The maximum absolute atomic E-state index is 12.5. The van der Waals surface area contributed by atoms with E-state index in [4.69, 9.17) is 14.2 Å². The first-order valence-electron chi connectivity index (χ1n) is 12.2. The fourth-order valence-electron chi connectivity index (χ4n) is 4.22. The van der Waals surface area contributed by atoms with Crippen molar-refractivity contribution in [1.82, 2.24) is 4.90 Å². The second-order valence-corrected chi connectivity index (χ2v) is 9.71. The van der Waals surface area contributed by atoms with Crippen molar-refractivity contribution in [2.24, 2.45) is 0 Å². The number of amides is 1. The molecule has 1 heterocycles. The number of rotatable bonds is 11. The molecule has 0 saturated carbocycles. The number of carbonyl (C=O) groups excluding carboxylic acids is 1. The van der Waals surface area contributed by atoms with Gasteiger partial charge in [0.25, 0.3) is 0 Å². The van der Waals surface area contributed by atoms with Crippen LogP contribution in [0.3, 0.4) is 0 Å². The average molecular weight is 446 g/mol. The van der Waals surface area contributed by atoms with Crippen molar-refractivity contribution < 1.29 is 19.0 Å². The zero-order valence-electron chi connectivity index (χ0n) is 21.0. The third kappa shape index (κ3) is 8.40. The predicted octanol–water partition coefficient (Wildman–Crippen LogP) is 7.11. The molecule has 0 aromatic heterocycles. The largest absolute Gasteiger partial charge is 0.497 e. The van der Waals surface area contributed by atoms with Gasteiger partial charge in [-0.1, -0.05) is 57.1 Å². The topological polar surface area (TPSA) is 48.0 Å². The lowest BCUT2D eigenvalue weighted by molar-refractivity contribution is 0.0264. The van der Waals surface area contributed by atoms with E-state index in [2.05, 4.69) is 25.1 Å². The second kappa shape index (κ2) is 12.8. The van der Waals surface area contributed by atoms with Crippen LogP contribution in [0, 0.1) is 0 Å². The molecule has 1 aliphatic rings. The Labute approximate surface area is 195 Å². The zero-order chi connectivity index (χ0) is 23.6. The maximum atomic E-state index is 12.5. The molecule has 2 rings (SSSR count). The van der Waals surface area contributed by atoms with Crippen molar-refractivity contribution in [3.8, 4) is 11.5 Å². The monoisotopic (exact) mass is 445 g/mol. The maximum Gasteiger partial charge on any atom is 0.410 e. The smallest absolute Gasteiger partial charge is 0.410 e. The third-order valence-corrected chi connectivity index (χ3v) is 5.97. The number of unbranched alkanes of at least 4 members (excludes halogenated alkanes) is 5. The van der Waals surface area contributed by atoms with E-state index in [0.717, 1.165) is 24.3 Å². The summed E-state index contributed by atoms with van der Waals surface area (Å²) in [6.07, 6.45) is 11.6. The molecule has 32 heavy (non-hydrogen) atoms. The summed E-state index contributed by atoms with van der Waals surface area (Å²) in [6.45, 7) is 9.25. The molecule has 1 unspecified atom stereocenters. The lowest BCUT2D eigenvalue weighted by Gasteiger charge is -2.32. The van der Waals surface area contributed by atoms with Crippen LogP contribution in [-0.4, -0.2) is 43.9 Å². The van der Waals surface area contributed by atoms with Gasteiger partial charge in [0, 0.05) is 25.1 Å². The number of carbonyl (C=O) groups is 1. The van der Waals surface area contributed by atoms with E-state index < -0.39 is 5.60 Å². The number of hydrogen-bond donors (Lipinski definition) is 0. The molecule has 0 fully saturated rings. The van der Waals surface area contributed by atoms with Crippen LogP contribution in [0.15, 0.2) is 29.8 Å². The molecule has 1 aromatic rings. The van der Waals surface area contributed by atoms with E-state index in [1.165, 1.54) is 49.7 Å². The van der Waals surface area contributed by atoms with E-state index in [1.54, 1.807) is 19.1 Å². The van der Waals surface area contributed by atoms with Gasteiger partial charge in [-0.05, 0) is 51.3 Å². The standard InChI is InChI=1S/C27H43NO4/c1-7-8-9-10-11-12-13-25(22-18-23(30-5)20-24(19-22)31-6)21-14-16-28(17-15-21)26(29)32-27(2,3)4/h14,18-20,25H,7-13,15-17H2,1-6H3. The Kier molecular flexibility index (Phi) is 10.4. The van der Waals surface area contributed by atoms with E-state index in [9.17, 15) is 4.79 Å². The fourth-order valence-corrected chi connectivity index (χ4v) is 4.22. The summed E-state index contributed by atoms with van der Waals surface area (Å²) >= 11 is 0. The Morgan fingerprint density at radius 2 is 1.62 bits per heavy atom. The zero-order valence-corrected chi connectivity index (χ0v) is 21.0. The summed E-state index contributed by atoms with van der Waals surface area (Å²) in [7, 11) is 3.39. The van der Waals surface area contributed by atoms with Gasteiger partial charge in [0.2, 0.25) is 0 Å². The van der Waals surface area contributed by atoms with E-state index >= 15 is 0 Å². The van der Waals surface area contributed by atoms with Crippen molar-refractivity contribution in [2.45, 2.75) is 90.6 Å². The lowest BCUT2D eigenvalue weighted by Crippen LogP contribution is -2.39. The lowest BCUT2D eigenvalue weighted by atomic mass is 9.83. The highest BCUT2D eigenvalue weighted by atomic mass is 16.6. The summed E-state index contributed by atoms with van der Waals surface area (Å²) in [4.78, 5) is 14.3. The van der Waals surface area contributed by atoms with Gasteiger partial charge in [0.1, 0.15) is 17.1 Å². The van der Waals surface area contributed by atoms with Gasteiger partial charge in [-0.25, -0.2) is 4.79 Å². The molecule has 0 spiro atoms. The highest BCUT2D eigenvalue weighted by Crippen LogP contribution is 2.37. The SMILES string of the molecule is CCCCCCCCC(C1=CCN(C(=O)OC(C)(C)C)CC1)c1cc(OC)cc(OC)c1. The van der Waals surface area contributed by atoms with Gasteiger partial charge in [0.05, 0.1) is 14.2 Å². The molecular weight excluding hydrogens is 402 g/mol. The summed E-state index contributed by atoms with van der Waals surface area (Å²) in [6, 6.07) is 6.18. The molecule has 1 amide bonds. The van der Waals surface area contributed by atoms with Gasteiger partial charge in [-0.2, -0.15) is 0 Å². The third-order valence-electron chi connectivity index (χ3n) is 5.97. The Morgan fingerprint density at radius 3 is 2.16 bits per heavy atom. The summed E-state index contributed by atoms with van der Waals surface area (Å²) < 4.78 is 16.6. The van der Waals surface area contributed by atoms with Crippen LogP contribution in [-0.2, 0) is 4.74 Å². The Morgan fingerprint density at radius 1 is 1.00 bits per heavy atom. The van der Waals surface area contributed by atoms with E-state index in [1.807, 2.05) is 26.8 Å². The van der Waals surface area contributed by atoms with Crippen LogP contribution < -0.4 is 9.47 Å². The first kappa shape index (κ1) is 26.1. The molecule has 180 valence electrons. The Balaban J connectivity index is 2.15. The van der Waals surface area contributed by atoms with Crippen LogP contribution in [0.25, 0.3) is 0 Å². The fraction of sp³-hybridized carbons (Fsp3) is 0.667. The molecule has 1 aliphatic heterocycles. The van der Waals surface area contributed by atoms with Gasteiger partial charge in [-0.15, -0.1) is 0 Å². The van der Waals surface area contributed by atoms with Crippen LogP contribution in [0.2, 0.25) is 0 Å². The first-order valence-corrected chi connectivity index (χ1v) is 12.2. The van der Waals surface area contributed by atoms with Gasteiger partial charge < -0.3 is 19.1 Å². The molecule has 0 bridgehead atoms. The van der Waals surface area contributed by atoms with E-state index in [-0.39, 0.29) is 6.09 Å². The minimum absolute atomic E-state index is 0.233. The molecule has 1 atom stereocenters. The van der Waals surface area contributed by atoms with Crippen molar-refractivity contribution >= 4 is 6.09 Å². The molecule has 5 nitrogen and oxygen atoms in total. The number of ether oxygens (including phenoxy) is 3. The predicted molar refractivity (Wildman–Crippen MR) is 131 cm³/mol. The highest BCUT2D eigenvalue weighted by Gasteiger charge is 2.26. The van der Waals surface area contributed by atoms with Crippen molar-refractivity contribution in [1.29, 1.82) is 0 Å². The average Bonchev–Trinajstić information content (AvgIpc) is 2.77. The van der Waals surface area contributed by atoms with Gasteiger partial charge in [0.15, 0.2) is 0 Å². The summed E-state index contributed by atoms with van der Waals surface area (Å²) in [5.41, 5.74) is 2.15. The van der Waals surface area contributed by atoms with Crippen molar-refractivity contribution in [2.75, 3.05) is 27.3 Å². The number of methoxy groups -OCH3 is 2. The quantitative estimate of drug-likeness (QED) is 0.269. The molecule has 0 N–H and O–H groups in total. The highest BCUT2D eigenvalue weighted by molar-refractivity contribution is 5.68. The van der Waals surface area contributed by atoms with Gasteiger partial charge >= 0.3 is 6.09 Å². The minimum atomic E-state index is -0.474. The molecule has 0 aliphatic carbocycles. The van der Waals surface area contributed by atoms with E-state index in [0.29, 0.717) is 19.0 Å². The second-order valence-electron chi connectivity index (χ2n) is 9.71. The van der Waals surface area contributed by atoms with Gasteiger partial charge in [-0.3, -0.25) is 0 Å². The molecule has 0 radical (unpaired) electrons. The summed E-state index contributed by atoms with van der Waals surface area (Å²) in [5.74, 6) is 1.95. The van der Waals surface area contributed by atoms with Crippen molar-refractivity contribution in [3.05, 3.63) is 35.4 Å². The van der Waals surface area contributed by atoms with Crippen LogP contribution in [0.4, 0.5) is 4.79 Å². The first-order chi connectivity index (χ1) is 15.3. The Bertz CT molecular complexity index is 728. The molecule has 1 aromatic carbocycles. The minimum Gasteiger partial charge on any atom is -0.497 e.